The molecule has 2 aromatic rings. The van der Waals surface area contributed by atoms with Gasteiger partial charge in [0.2, 0.25) is 0 Å². The number of fused-ring (bicyclic) bond motifs is 1. The molecule has 0 bridgehead atoms. The number of aliphatic carboxylic acids is 1. The van der Waals surface area contributed by atoms with Crippen LogP contribution in [0.25, 0.3) is 0 Å². The standard InChI is InChI=1S/C18H15FN2O2/c19-16-6-5-14-8-17(18(22)23)21(11-15(14)7-16)10-13-3-1-12(9-20)2-4-13/h1-7,17H,8,10-11H2,(H,22,23)/t17-/m0/s1. The number of hydrogen-bond donors (Lipinski definition) is 1. The molecule has 0 amide bonds. The van der Waals surface area contributed by atoms with Gasteiger partial charge < -0.3 is 5.11 Å². The van der Waals surface area contributed by atoms with Gasteiger partial charge in [-0.2, -0.15) is 5.26 Å². The van der Waals surface area contributed by atoms with Crippen molar-refractivity contribution in [2.75, 3.05) is 0 Å². The lowest BCUT2D eigenvalue weighted by Crippen LogP contribution is -2.45. The number of nitriles is 1. The lowest BCUT2D eigenvalue weighted by Gasteiger charge is -2.34. The van der Waals surface area contributed by atoms with E-state index in [1.807, 2.05) is 17.0 Å². The molecule has 0 saturated heterocycles. The second kappa shape index (κ2) is 6.19. The maximum atomic E-state index is 13.4. The molecule has 0 fully saturated rings. The highest BCUT2D eigenvalue weighted by Crippen LogP contribution is 2.26. The van der Waals surface area contributed by atoms with Crippen LogP contribution < -0.4 is 0 Å². The molecule has 116 valence electrons. The summed E-state index contributed by atoms with van der Waals surface area (Å²) in [4.78, 5) is 13.4. The van der Waals surface area contributed by atoms with Gasteiger partial charge in [0.25, 0.3) is 0 Å². The Morgan fingerprint density at radius 1 is 1.26 bits per heavy atom. The molecule has 0 aromatic heterocycles. The van der Waals surface area contributed by atoms with Gasteiger partial charge in [0.1, 0.15) is 11.9 Å². The Kier molecular flexibility index (Phi) is 4.09. The van der Waals surface area contributed by atoms with E-state index >= 15 is 0 Å². The van der Waals surface area contributed by atoms with E-state index in [9.17, 15) is 14.3 Å². The summed E-state index contributed by atoms with van der Waals surface area (Å²) in [5.41, 5.74) is 3.20. The van der Waals surface area contributed by atoms with E-state index in [2.05, 4.69) is 6.07 Å². The molecule has 5 heteroatoms. The first-order valence-electron chi connectivity index (χ1n) is 7.30. The van der Waals surface area contributed by atoms with Crippen LogP contribution in [0.5, 0.6) is 0 Å². The fourth-order valence-electron chi connectivity index (χ4n) is 2.94. The zero-order valence-electron chi connectivity index (χ0n) is 12.4. The minimum absolute atomic E-state index is 0.309. The number of halogens is 1. The van der Waals surface area contributed by atoms with Crippen molar-refractivity contribution in [3.05, 3.63) is 70.5 Å². The van der Waals surface area contributed by atoms with Crippen molar-refractivity contribution in [3.63, 3.8) is 0 Å². The first-order valence-corrected chi connectivity index (χ1v) is 7.30. The third kappa shape index (κ3) is 3.22. The van der Waals surface area contributed by atoms with Crippen molar-refractivity contribution in [1.82, 2.24) is 4.90 Å². The quantitative estimate of drug-likeness (QED) is 0.946. The molecule has 1 N–H and O–H groups in total. The molecule has 0 spiro atoms. The van der Waals surface area contributed by atoms with Crippen LogP contribution in [-0.4, -0.2) is 22.0 Å². The predicted molar refractivity (Wildman–Crippen MR) is 81.9 cm³/mol. The largest absolute Gasteiger partial charge is 0.480 e. The number of carboxylic acids is 1. The number of benzene rings is 2. The normalized spacial score (nSPS) is 17.3. The number of carbonyl (C=O) groups is 1. The Morgan fingerprint density at radius 3 is 2.65 bits per heavy atom. The van der Waals surface area contributed by atoms with Gasteiger partial charge in [-0.15, -0.1) is 0 Å². The fraction of sp³-hybridized carbons (Fsp3) is 0.222. The summed E-state index contributed by atoms with van der Waals surface area (Å²) in [6.07, 6.45) is 0.362. The molecule has 0 saturated carbocycles. The van der Waals surface area contributed by atoms with Gasteiger partial charge in [-0.1, -0.05) is 18.2 Å². The summed E-state index contributed by atoms with van der Waals surface area (Å²) >= 11 is 0. The predicted octanol–water partition coefficient (Wildman–Crippen LogP) is 2.71. The summed E-state index contributed by atoms with van der Waals surface area (Å²) in [5, 5.41) is 18.3. The van der Waals surface area contributed by atoms with E-state index in [1.54, 1.807) is 18.2 Å². The Hall–Kier alpha value is -2.71. The Balaban J connectivity index is 1.86. The van der Waals surface area contributed by atoms with Crippen LogP contribution in [0.1, 0.15) is 22.3 Å². The second-order valence-corrected chi connectivity index (χ2v) is 5.68. The maximum absolute atomic E-state index is 13.4. The highest BCUT2D eigenvalue weighted by atomic mass is 19.1. The monoisotopic (exact) mass is 310 g/mol. The van der Waals surface area contributed by atoms with Gasteiger partial charge in [0.15, 0.2) is 0 Å². The SMILES string of the molecule is N#Cc1ccc(CN2Cc3cc(F)ccc3C[C@H]2C(=O)O)cc1. The van der Waals surface area contributed by atoms with E-state index in [-0.39, 0.29) is 5.82 Å². The zero-order valence-corrected chi connectivity index (χ0v) is 12.4. The molecule has 1 aliphatic rings. The number of rotatable bonds is 3. The smallest absolute Gasteiger partial charge is 0.321 e. The second-order valence-electron chi connectivity index (χ2n) is 5.68. The summed E-state index contributed by atoms with van der Waals surface area (Å²) < 4.78 is 13.4. The molecule has 1 atom stereocenters. The van der Waals surface area contributed by atoms with E-state index in [4.69, 9.17) is 5.26 Å². The molecular weight excluding hydrogens is 295 g/mol. The minimum Gasteiger partial charge on any atom is -0.480 e. The highest BCUT2D eigenvalue weighted by Gasteiger charge is 2.31. The third-order valence-corrected chi connectivity index (χ3v) is 4.15. The van der Waals surface area contributed by atoms with Gasteiger partial charge >= 0.3 is 5.97 Å². The summed E-state index contributed by atoms with van der Waals surface area (Å²) in [6, 6.07) is 13.0. The van der Waals surface area contributed by atoms with E-state index in [0.717, 1.165) is 16.7 Å². The van der Waals surface area contributed by atoms with E-state index in [0.29, 0.717) is 25.1 Å². The number of hydrogen-bond acceptors (Lipinski definition) is 3. The van der Waals surface area contributed by atoms with Crippen LogP contribution >= 0.6 is 0 Å². The molecule has 0 radical (unpaired) electrons. The number of nitrogens with zero attached hydrogens (tertiary/aromatic N) is 2. The van der Waals surface area contributed by atoms with Crippen molar-refractivity contribution in [3.8, 4) is 6.07 Å². The van der Waals surface area contributed by atoms with Gasteiger partial charge in [-0.05, 0) is 47.4 Å². The van der Waals surface area contributed by atoms with Crippen molar-refractivity contribution in [2.24, 2.45) is 0 Å². The fourth-order valence-corrected chi connectivity index (χ4v) is 2.94. The third-order valence-electron chi connectivity index (χ3n) is 4.15. The van der Waals surface area contributed by atoms with Crippen LogP contribution in [0.4, 0.5) is 4.39 Å². The molecule has 0 aliphatic carbocycles. The van der Waals surface area contributed by atoms with E-state index in [1.165, 1.54) is 12.1 Å². The van der Waals surface area contributed by atoms with Crippen molar-refractivity contribution in [1.29, 1.82) is 5.26 Å². The van der Waals surface area contributed by atoms with Crippen molar-refractivity contribution >= 4 is 5.97 Å². The molecule has 3 rings (SSSR count). The molecule has 4 nitrogen and oxygen atoms in total. The van der Waals surface area contributed by atoms with Crippen LogP contribution in [-0.2, 0) is 24.3 Å². The summed E-state index contributed by atoms with van der Waals surface area (Å²) in [7, 11) is 0. The number of carboxylic acid groups (broad SMARTS) is 1. The lowest BCUT2D eigenvalue weighted by molar-refractivity contribution is -0.144. The van der Waals surface area contributed by atoms with Gasteiger partial charge in [0.05, 0.1) is 11.6 Å². The minimum atomic E-state index is -0.881. The first kappa shape index (κ1) is 15.2. The molecule has 1 heterocycles. The van der Waals surface area contributed by atoms with Crippen LogP contribution in [0.15, 0.2) is 42.5 Å². The Labute approximate surface area is 133 Å². The lowest BCUT2D eigenvalue weighted by atomic mass is 9.93. The molecule has 0 unspecified atom stereocenters. The van der Waals surface area contributed by atoms with Crippen LogP contribution in [0.3, 0.4) is 0 Å². The average Bonchev–Trinajstić information content (AvgIpc) is 2.54. The summed E-state index contributed by atoms with van der Waals surface area (Å²) in [5.74, 6) is -1.19. The Bertz CT molecular complexity index is 781. The van der Waals surface area contributed by atoms with Crippen LogP contribution in [0, 0.1) is 17.1 Å². The zero-order chi connectivity index (χ0) is 16.4. The first-order chi connectivity index (χ1) is 11.1. The van der Waals surface area contributed by atoms with Crippen LogP contribution in [0.2, 0.25) is 0 Å². The molecule has 1 aliphatic heterocycles. The van der Waals surface area contributed by atoms with Crippen molar-refractivity contribution in [2.45, 2.75) is 25.6 Å². The summed E-state index contributed by atoms with van der Waals surface area (Å²) in [6.45, 7) is 0.836. The molecule has 2 aromatic carbocycles. The van der Waals surface area contributed by atoms with Crippen molar-refractivity contribution < 1.29 is 14.3 Å². The molecule has 23 heavy (non-hydrogen) atoms. The Morgan fingerprint density at radius 2 is 2.00 bits per heavy atom. The van der Waals surface area contributed by atoms with E-state index < -0.39 is 12.0 Å². The van der Waals surface area contributed by atoms with Gasteiger partial charge in [-0.25, -0.2) is 4.39 Å². The topological polar surface area (TPSA) is 64.3 Å². The molecular formula is C18H15FN2O2. The van der Waals surface area contributed by atoms with Gasteiger partial charge in [-0.3, -0.25) is 9.69 Å². The average molecular weight is 310 g/mol. The highest BCUT2D eigenvalue weighted by molar-refractivity contribution is 5.74. The maximum Gasteiger partial charge on any atom is 0.321 e. The van der Waals surface area contributed by atoms with Gasteiger partial charge in [0, 0.05) is 13.1 Å².